The molecule has 1 nitrogen and oxygen atoms in total. The Morgan fingerprint density at radius 2 is 2.25 bits per heavy atom. The summed E-state index contributed by atoms with van der Waals surface area (Å²) in [5.41, 5.74) is 6.31. The SMILES string of the molecule is CC[C@@H](N)c1ccc(I)cc1F. The van der Waals surface area contributed by atoms with E-state index in [1.165, 1.54) is 6.07 Å². The largest absolute Gasteiger partial charge is 0.324 e. The molecule has 1 atom stereocenters. The molecule has 0 aromatic heterocycles. The second-order valence-electron chi connectivity index (χ2n) is 2.68. The number of benzene rings is 1. The van der Waals surface area contributed by atoms with Crippen LogP contribution in [-0.2, 0) is 0 Å². The third kappa shape index (κ3) is 2.17. The van der Waals surface area contributed by atoms with Crippen molar-refractivity contribution in [2.75, 3.05) is 0 Å². The van der Waals surface area contributed by atoms with Gasteiger partial charge in [-0.15, -0.1) is 0 Å². The van der Waals surface area contributed by atoms with E-state index < -0.39 is 0 Å². The molecule has 0 amide bonds. The minimum absolute atomic E-state index is 0.179. The van der Waals surface area contributed by atoms with Gasteiger partial charge in [-0.2, -0.15) is 0 Å². The molecule has 0 radical (unpaired) electrons. The number of nitrogens with two attached hydrogens (primary N) is 1. The molecule has 0 bridgehead atoms. The van der Waals surface area contributed by atoms with E-state index in [1.807, 2.05) is 13.0 Å². The highest BCUT2D eigenvalue weighted by molar-refractivity contribution is 14.1. The fraction of sp³-hybridized carbons (Fsp3) is 0.333. The molecule has 1 rings (SSSR count). The van der Waals surface area contributed by atoms with Crippen molar-refractivity contribution < 1.29 is 4.39 Å². The molecule has 0 spiro atoms. The first-order valence-corrected chi connectivity index (χ1v) is 4.93. The van der Waals surface area contributed by atoms with Gasteiger partial charge in [0.15, 0.2) is 0 Å². The van der Waals surface area contributed by atoms with Crippen molar-refractivity contribution in [3.8, 4) is 0 Å². The van der Waals surface area contributed by atoms with Crippen LogP contribution in [0.5, 0.6) is 0 Å². The summed E-state index contributed by atoms with van der Waals surface area (Å²) in [6.07, 6.45) is 0.761. The topological polar surface area (TPSA) is 26.0 Å². The maximum Gasteiger partial charge on any atom is 0.129 e. The first-order valence-electron chi connectivity index (χ1n) is 3.85. The summed E-state index contributed by atoms with van der Waals surface area (Å²) in [6, 6.07) is 4.95. The Balaban J connectivity index is 3.01. The number of hydrogen-bond acceptors (Lipinski definition) is 1. The van der Waals surface area contributed by atoms with Gasteiger partial charge in [-0.05, 0) is 41.1 Å². The summed E-state index contributed by atoms with van der Waals surface area (Å²) in [5.74, 6) is -0.198. The third-order valence-corrected chi connectivity index (χ3v) is 2.47. The van der Waals surface area contributed by atoms with Crippen LogP contribution >= 0.6 is 22.6 Å². The maximum absolute atomic E-state index is 13.2. The van der Waals surface area contributed by atoms with Crippen molar-refractivity contribution in [3.63, 3.8) is 0 Å². The van der Waals surface area contributed by atoms with Gasteiger partial charge in [-0.1, -0.05) is 13.0 Å². The normalized spacial score (nSPS) is 13.0. The molecule has 0 aliphatic carbocycles. The van der Waals surface area contributed by atoms with Gasteiger partial charge in [0, 0.05) is 15.2 Å². The van der Waals surface area contributed by atoms with Crippen LogP contribution < -0.4 is 5.73 Å². The Kier molecular flexibility index (Phi) is 3.46. The second-order valence-corrected chi connectivity index (χ2v) is 3.93. The number of hydrogen-bond donors (Lipinski definition) is 1. The zero-order valence-corrected chi connectivity index (χ0v) is 9.01. The zero-order valence-electron chi connectivity index (χ0n) is 6.85. The van der Waals surface area contributed by atoms with E-state index in [2.05, 4.69) is 22.6 Å². The van der Waals surface area contributed by atoms with E-state index in [0.29, 0.717) is 5.56 Å². The highest BCUT2D eigenvalue weighted by atomic mass is 127. The summed E-state index contributed by atoms with van der Waals surface area (Å²) in [6.45, 7) is 1.95. The molecule has 1 aromatic carbocycles. The van der Waals surface area contributed by atoms with Crippen molar-refractivity contribution >= 4 is 22.6 Å². The third-order valence-electron chi connectivity index (χ3n) is 1.80. The molecule has 0 aliphatic heterocycles. The Labute approximate surface area is 85.3 Å². The Hall–Kier alpha value is -0.160. The minimum atomic E-state index is -0.198. The van der Waals surface area contributed by atoms with Crippen molar-refractivity contribution in [1.82, 2.24) is 0 Å². The Bertz CT molecular complexity index is 275. The molecule has 12 heavy (non-hydrogen) atoms. The molecule has 3 heteroatoms. The van der Waals surface area contributed by atoms with Crippen LogP contribution in [0.1, 0.15) is 24.9 Å². The molecule has 0 fully saturated rings. The van der Waals surface area contributed by atoms with Gasteiger partial charge >= 0.3 is 0 Å². The van der Waals surface area contributed by atoms with Gasteiger partial charge in [-0.3, -0.25) is 0 Å². The van der Waals surface area contributed by atoms with Gasteiger partial charge in [0.1, 0.15) is 5.82 Å². The Morgan fingerprint density at radius 1 is 1.58 bits per heavy atom. The highest BCUT2D eigenvalue weighted by Gasteiger charge is 2.08. The van der Waals surface area contributed by atoms with Crippen molar-refractivity contribution in [3.05, 3.63) is 33.1 Å². The summed E-state index contributed by atoms with van der Waals surface area (Å²) >= 11 is 2.08. The predicted octanol–water partition coefficient (Wildman–Crippen LogP) is 2.84. The molecule has 0 aliphatic rings. The smallest absolute Gasteiger partial charge is 0.129 e. The highest BCUT2D eigenvalue weighted by Crippen LogP contribution is 2.19. The first-order chi connectivity index (χ1) is 5.65. The molecule has 1 aromatic rings. The first kappa shape index (κ1) is 9.92. The van der Waals surface area contributed by atoms with Crippen LogP contribution in [0.3, 0.4) is 0 Å². The summed E-state index contributed by atoms with van der Waals surface area (Å²) in [5, 5.41) is 0. The van der Waals surface area contributed by atoms with E-state index in [4.69, 9.17) is 5.73 Å². The van der Waals surface area contributed by atoms with E-state index >= 15 is 0 Å². The van der Waals surface area contributed by atoms with Crippen LogP contribution in [0.25, 0.3) is 0 Å². The fourth-order valence-corrected chi connectivity index (χ4v) is 1.48. The standard InChI is InChI=1S/C9H11FIN/c1-2-9(12)7-4-3-6(11)5-8(7)10/h3-5,9H,2,12H2,1H3/t9-/m1/s1. The summed E-state index contributed by atoms with van der Waals surface area (Å²) in [4.78, 5) is 0. The molecule has 0 saturated carbocycles. The second kappa shape index (κ2) is 4.18. The Morgan fingerprint density at radius 3 is 2.75 bits per heavy atom. The monoisotopic (exact) mass is 279 g/mol. The van der Waals surface area contributed by atoms with E-state index in [-0.39, 0.29) is 11.9 Å². The van der Waals surface area contributed by atoms with Crippen molar-refractivity contribution in [2.24, 2.45) is 5.73 Å². The van der Waals surface area contributed by atoms with Crippen LogP contribution in [0.15, 0.2) is 18.2 Å². The van der Waals surface area contributed by atoms with Gasteiger partial charge in [0.05, 0.1) is 0 Å². The average Bonchev–Trinajstić information content (AvgIpc) is 2.03. The molecular formula is C9H11FIN. The van der Waals surface area contributed by atoms with Crippen LogP contribution in [0.2, 0.25) is 0 Å². The van der Waals surface area contributed by atoms with E-state index in [0.717, 1.165) is 9.99 Å². The van der Waals surface area contributed by atoms with Crippen molar-refractivity contribution in [2.45, 2.75) is 19.4 Å². The minimum Gasteiger partial charge on any atom is -0.324 e. The van der Waals surface area contributed by atoms with Gasteiger partial charge < -0.3 is 5.73 Å². The summed E-state index contributed by atoms with van der Waals surface area (Å²) < 4.78 is 14.1. The maximum atomic E-state index is 13.2. The van der Waals surface area contributed by atoms with Crippen LogP contribution in [-0.4, -0.2) is 0 Å². The molecule has 0 heterocycles. The zero-order chi connectivity index (χ0) is 9.14. The number of rotatable bonds is 2. The van der Waals surface area contributed by atoms with Crippen molar-refractivity contribution in [1.29, 1.82) is 0 Å². The molecule has 66 valence electrons. The fourth-order valence-electron chi connectivity index (χ4n) is 1.02. The average molecular weight is 279 g/mol. The lowest BCUT2D eigenvalue weighted by molar-refractivity contribution is 0.574. The lowest BCUT2D eigenvalue weighted by atomic mass is 10.1. The molecule has 2 N–H and O–H groups in total. The molecule has 0 saturated heterocycles. The van der Waals surface area contributed by atoms with E-state index in [9.17, 15) is 4.39 Å². The van der Waals surface area contributed by atoms with Gasteiger partial charge in [-0.25, -0.2) is 4.39 Å². The van der Waals surface area contributed by atoms with Gasteiger partial charge in [0.25, 0.3) is 0 Å². The molecular weight excluding hydrogens is 268 g/mol. The predicted molar refractivity (Wildman–Crippen MR) is 56.3 cm³/mol. The quantitative estimate of drug-likeness (QED) is 0.828. The van der Waals surface area contributed by atoms with Crippen LogP contribution in [0.4, 0.5) is 4.39 Å². The lowest BCUT2D eigenvalue weighted by Crippen LogP contribution is -2.10. The summed E-state index contributed by atoms with van der Waals surface area (Å²) in [7, 11) is 0. The van der Waals surface area contributed by atoms with Crippen LogP contribution in [0, 0.1) is 9.39 Å². The van der Waals surface area contributed by atoms with Gasteiger partial charge in [0.2, 0.25) is 0 Å². The lowest BCUT2D eigenvalue weighted by Gasteiger charge is -2.09. The number of halogens is 2. The molecule has 0 unspecified atom stereocenters. The van der Waals surface area contributed by atoms with E-state index in [1.54, 1.807) is 6.07 Å².